The van der Waals surface area contributed by atoms with Crippen LogP contribution in [0.5, 0.6) is 0 Å². The van der Waals surface area contributed by atoms with Crippen LogP contribution in [0.25, 0.3) is 0 Å². The molecule has 25 heavy (non-hydrogen) atoms. The summed E-state index contributed by atoms with van der Waals surface area (Å²) in [6.07, 6.45) is 10.0. The molecule has 1 aliphatic heterocycles. The van der Waals surface area contributed by atoms with Crippen molar-refractivity contribution in [3.8, 4) is 0 Å². The number of aliphatic imine (C=N–C) groups is 1. The van der Waals surface area contributed by atoms with Crippen molar-refractivity contribution >= 4 is 40.6 Å². The summed E-state index contributed by atoms with van der Waals surface area (Å²) in [5, 5.41) is 6.97. The fourth-order valence-corrected chi connectivity index (χ4v) is 3.01. The summed E-state index contributed by atoms with van der Waals surface area (Å²) in [7, 11) is 0. The van der Waals surface area contributed by atoms with E-state index in [1.807, 2.05) is 11.1 Å². The summed E-state index contributed by atoms with van der Waals surface area (Å²) in [5.41, 5.74) is 0.521. The summed E-state index contributed by atoms with van der Waals surface area (Å²) >= 11 is 11.3. The molecule has 0 saturated carbocycles. The van der Waals surface area contributed by atoms with E-state index in [-0.39, 0.29) is 0 Å². The minimum atomic E-state index is -0.405. The van der Waals surface area contributed by atoms with Crippen LogP contribution in [0.15, 0.2) is 35.5 Å². The van der Waals surface area contributed by atoms with Crippen molar-refractivity contribution in [3.63, 3.8) is 0 Å². The number of unbranched alkanes of at least 4 members (excludes halogenated alkanes) is 4. The van der Waals surface area contributed by atoms with Crippen LogP contribution in [0.1, 0.15) is 39.0 Å². The zero-order valence-electron chi connectivity index (χ0n) is 14.4. The molecule has 0 amide bonds. The molecule has 0 atom stereocenters. The second-order valence-electron chi connectivity index (χ2n) is 5.84. The lowest BCUT2D eigenvalue weighted by atomic mass is 10.1. The summed E-state index contributed by atoms with van der Waals surface area (Å²) in [6.45, 7) is 3.55. The maximum absolute atomic E-state index is 13.4. The van der Waals surface area contributed by atoms with Crippen LogP contribution in [0.2, 0.25) is 5.02 Å². The van der Waals surface area contributed by atoms with E-state index in [4.69, 9.17) is 23.8 Å². The molecule has 2 N–H and O–H groups in total. The van der Waals surface area contributed by atoms with E-state index < -0.39 is 5.82 Å². The number of nitrogens with zero attached hydrogens (tertiary/aromatic N) is 2. The number of guanidine groups is 1. The van der Waals surface area contributed by atoms with Gasteiger partial charge in [0.1, 0.15) is 5.82 Å². The van der Waals surface area contributed by atoms with Gasteiger partial charge in [-0.15, -0.1) is 0 Å². The average Bonchev–Trinajstić information content (AvgIpc) is 3.01. The fourth-order valence-electron chi connectivity index (χ4n) is 2.49. The minimum Gasteiger partial charge on any atom is -0.333 e. The maximum atomic E-state index is 13.4. The van der Waals surface area contributed by atoms with Crippen molar-refractivity contribution in [1.82, 2.24) is 10.2 Å². The standard InChI is InChI=1S/C18H24ClFN4S/c1-2-3-4-5-6-7-8-21-17-22-9-10-24(17)18(25)23-16-12-14(19)11-15(20)13-16/h7-8,11-13H,2-6,9-10H2,1H3,(H,21,22)(H,23,25)/b8-7+. The third-order valence-corrected chi connectivity index (χ3v) is 4.30. The Bertz CT molecular complexity index is 628. The molecule has 1 aromatic rings. The quantitative estimate of drug-likeness (QED) is 0.518. The molecule has 0 aromatic heterocycles. The lowest BCUT2D eigenvalue weighted by Crippen LogP contribution is -2.42. The molecule has 0 fully saturated rings. The topological polar surface area (TPSA) is 39.7 Å². The molecule has 4 nitrogen and oxygen atoms in total. The van der Waals surface area contributed by atoms with E-state index >= 15 is 0 Å². The van der Waals surface area contributed by atoms with E-state index in [0.717, 1.165) is 6.42 Å². The highest BCUT2D eigenvalue weighted by atomic mass is 35.5. The number of benzene rings is 1. The van der Waals surface area contributed by atoms with Crippen LogP contribution in [0, 0.1) is 5.82 Å². The number of hydrogen-bond donors (Lipinski definition) is 2. The number of halogens is 2. The third kappa shape index (κ3) is 6.63. The van der Waals surface area contributed by atoms with E-state index in [2.05, 4.69) is 28.6 Å². The first-order valence-electron chi connectivity index (χ1n) is 8.60. The maximum Gasteiger partial charge on any atom is 0.204 e. The molecule has 0 spiro atoms. The van der Waals surface area contributed by atoms with Gasteiger partial charge in [0.2, 0.25) is 5.96 Å². The van der Waals surface area contributed by atoms with Gasteiger partial charge in [0.25, 0.3) is 0 Å². The Morgan fingerprint density at radius 2 is 2.20 bits per heavy atom. The number of anilines is 1. The third-order valence-electron chi connectivity index (χ3n) is 3.75. The smallest absolute Gasteiger partial charge is 0.204 e. The van der Waals surface area contributed by atoms with Crippen molar-refractivity contribution < 1.29 is 4.39 Å². The molecule has 1 heterocycles. The van der Waals surface area contributed by atoms with Gasteiger partial charge in [0.05, 0.1) is 6.54 Å². The molecular formula is C18H24ClFN4S. The van der Waals surface area contributed by atoms with Gasteiger partial charge in [-0.05, 0) is 49.5 Å². The summed E-state index contributed by atoms with van der Waals surface area (Å²) in [4.78, 5) is 6.27. The normalized spacial score (nSPS) is 14.0. The first-order valence-corrected chi connectivity index (χ1v) is 9.39. The van der Waals surface area contributed by atoms with E-state index in [1.54, 1.807) is 6.07 Å². The Labute approximate surface area is 159 Å². The average molecular weight is 383 g/mol. The van der Waals surface area contributed by atoms with Gasteiger partial charge in [0.15, 0.2) is 5.11 Å². The van der Waals surface area contributed by atoms with Crippen LogP contribution < -0.4 is 10.6 Å². The first kappa shape index (κ1) is 19.7. The zero-order chi connectivity index (χ0) is 18.1. The Balaban J connectivity index is 1.83. The SMILES string of the molecule is CCCCCC/C=C/NC1=NCCN1C(=S)Nc1cc(F)cc(Cl)c1. The molecule has 1 aromatic carbocycles. The van der Waals surface area contributed by atoms with Gasteiger partial charge in [-0.1, -0.05) is 43.9 Å². The van der Waals surface area contributed by atoms with Gasteiger partial charge in [-0.2, -0.15) is 0 Å². The van der Waals surface area contributed by atoms with Gasteiger partial charge < -0.3 is 10.6 Å². The van der Waals surface area contributed by atoms with Crippen molar-refractivity contribution in [1.29, 1.82) is 0 Å². The highest BCUT2D eigenvalue weighted by Gasteiger charge is 2.20. The molecule has 0 aliphatic carbocycles. The number of hydrogen-bond acceptors (Lipinski definition) is 3. The highest BCUT2D eigenvalue weighted by Crippen LogP contribution is 2.18. The number of nitrogens with one attached hydrogen (secondary N) is 2. The molecular weight excluding hydrogens is 359 g/mol. The molecule has 0 radical (unpaired) electrons. The Hall–Kier alpha value is -1.66. The van der Waals surface area contributed by atoms with Crippen molar-refractivity contribution in [2.45, 2.75) is 39.0 Å². The lowest BCUT2D eigenvalue weighted by Gasteiger charge is -2.21. The largest absolute Gasteiger partial charge is 0.333 e. The lowest BCUT2D eigenvalue weighted by molar-refractivity contribution is 0.628. The number of thiocarbonyl (C=S) groups is 1. The van der Waals surface area contributed by atoms with Crippen LogP contribution in [0.4, 0.5) is 10.1 Å². The monoisotopic (exact) mass is 382 g/mol. The predicted octanol–water partition coefficient (Wildman–Crippen LogP) is 4.92. The van der Waals surface area contributed by atoms with E-state index in [9.17, 15) is 4.39 Å². The van der Waals surface area contributed by atoms with Gasteiger partial charge >= 0.3 is 0 Å². The van der Waals surface area contributed by atoms with E-state index in [1.165, 1.54) is 37.8 Å². The Morgan fingerprint density at radius 3 is 2.96 bits per heavy atom. The summed E-state index contributed by atoms with van der Waals surface area (Å²) < 4.78 is 13.4. The Kier molecular flexibility index (Phi) is 8.15. The zero-order valence-corrected chi connectivity index (χ0v) is 16.0. The van der Waals surface area contributed by atoms with Gasteiger partial charge in [-0.3, -0.25) is 9.89 Å². The van der Waals surface area contributed by atoms with Crippen LogP contribution in [0.3, 0.4) is 0 Å². The molecule has 136 valence electrons. The predicted molar refractivity (Wildman–Crippen MR) is 108 cm³/mol. The van der Waals surface area contributed by atoms with Crippen molar-refractivity contribution in [2.75, 3.05) is 18.4 Å². The van der Waals surface area contributed by atoms with Crippen LogP contribution in [-0.4, -0.2) is 29.1 Å². The molecule has 0 bridgehead atoms. The van der Waals surface area contributed by atoms with Crippen LogP contribution in [-0.2, 0) is 0 Å². The first-order chi connectivity index (χ1) is 12.1. The van der Waals surface area contributed by atoms with E-state index in [0.29, 0.717) is 34.9 Å². The Morgan fingerprint density at radius 1 is 1.36 bits per heavy atom. The van der Waals surface area contributed by atoms with Crippen molar-refractivity contribution in [2.24, 2.45) is 4.99 Å². The molecule has 1 aliphatic rings. The van der Waals surface area contributed by atoms with Gasteiger partial charge in [-0.25, -0.2) is 4.39 Å². The second-order valence-corrected chi connectivity index (χ2v) is 6.66. The minimum absolute atomic E-state index is 0.324. The summed E-state index contributed by atoms with van der Waals surface area (Å²) in [6, 6.07) is 4.24. The molecule has 2 rings (SSSR count). The summed E-state index contributed by atoms with van der Waals surface area (Å²) in [5.74, 6) is 0.294. The molecule has 0 unspecified atom stereocenters. The number of rotatable bonds is 7. The van der Waals surface area contributed by atoms with Crippen molar-refractivity contribution in [3.05, 3.63) is 41.3 Å². The second kappa shape index (κ2) is 10.4. The molecule has 0 saturated heterocycles. The molecule has 7 heteroatoms. The number of allylic oxidation sites excluding steroid dienone is 1. The van der Waals surface area contributed by atoms with Gasteiger partial charge in [0, 0.05) is 17.3 Å². The van der Waals surface area contributed by atoms with Crippen LogP contribution >= 0.6 is 23.8 Å². The fraction of sp³-hybridized carbons (Fsp3) is 0.444. The highest BCUT2D eigenvalue weighted by molar-refractivity contribution is 7.80.